The Kier molecular flexibility index (Phi) is 19.9. The Balaban J connectivity index is 0. The molecule has 0 fully saturated rings. The highest BCUT2D eigenvalue weighted by atomic mass is 28.5. The highest BCUT2D eigenvalue weighted by Crippen LogP contribution is 2.17. The molecule has 0 unspecified atom stereocenters. The molecule has 0 amide bonds. The summed E-state index contributed by atoms with van der Waals surface area (Å²) < 4.78 is 39.5. The van der Waals surface area contributed by atoms with Crippen LogP contribution in [0.3, 0.4) is 0 Å². The van der Waals surface area contributed by atoms with Gasteiger partial charge in [-0.3, -0.25) is 0 Å². The summed E-state index contributed by atoms with van der Waals surface area (Å²) in [7, 11) is -13.7. The van der Waals surface area contributed by atoms with Crippen LogP contribution in [-0.4, -0.2) is 63.8 Å². The lowest BCUT2D eigenvalue weighted by Gasteiger charge is -2.38. The molecule has 36 heavy (non-hydrogen) atoms. The number of hydrogen-bond donors (Lipinski definition) is 0. The molecule has 2 rings (SSSR count). The lowest BCUT2D eigenvalue weighted by molar-refractivity contribution is 0.249. The van der Waals surface area contributed by atoms with E-state index in [4.69, 9.17) is 24.7 Å². The summed E-state index contributed by atoms with van der Waals surface area (Å²) >= 11 is 0. The molecule has 13 heteroatoms. The van der Waals surface area contributed by atoms with E-state index in [9.17, 15) is 0 Å². The average molecular weight is 621 g/mol. The molecular weight excluding hydrogens is 569 g/mol. The van der Waals surface area contributed by atoms with Gasteiger partial charge >= 0.3 is 27.6 Å². The van der Waals surface area contributed by atoms with Crippen molar-refractivity contribution in [2.24, 2.45) is 0 Å². The Labute approximate surface area is 233 Å². The lowest BCUT2D eigenvalue weighted by atomic mass is 10.4. The summed E-state index contributed by atoms with van der Waals surface area (Å²) in [5, 5.41) is 2.05. The molecule has 0 aromatic heterocycles. The minimum absolute atomic E-state index is 0. The molecule has 6 nitrogen and oxygen atoms in total. The summed E-state index contributed by atoms with van der Waals surface area (Å²) in [4.78, 5) is 0. The molecule has 0 N–H and O–H groups in total. The highest BCUT2D eigenvalue weighted by molar-refractivity contribution is 6.98. The van der Waals surface area contributed by atoms with Gasteiger partial charge in [-0.1, -0.05) is 82.9 Å². The Morgan fingerprint density at radius 1 is 0.444 bits per heavy atom. The molecule has 0 saturated carbocycles. The van der Waals surface area contributed by atoms with Crippen LogP contribution in [0.2, 0.25) is 52.4 Å². The predicted octanol–water partition coefficient (Wildman–Crippen LogP) is 3.62. The standard InChI is InChI=1S/C20H40O6Si7.3CH4/c1-27(2)21-31(22-28(3)4)25-33(19-15-11-9-12-16-19,20-17-13-10-14-18-20)26-32(23-29(5)6)24-30(7)8;;;/h9-18,27-32H,1-8H3;3*1H4. The van der Waals surface area contributed by atoms with Gasteiger partial charge in [0, 0.05) is 0 Å². The highest BCUT2D eigenvalue weighted by Gasteiger charge is 2.49. The van der Waals surface area contributed by atoms with Crippen LogP contribution in [0.1, 0.15) is 22.3 Å². The fraction of sp³-hybridized carbons (Fsp3) is 0.478. The SMILES string of the molecule is C.C.C.C[SiH](C)O[SiH](O[SiH](C)C)O[Si](O[SiH](O[SiH](C)C)O[SiH](C)C)(c1ccccc1)c1ccccc1. The fourth-order valence-corrected chi connectivity index (χ4v) is 21.4. The van der Waals surface area contributed by atoms with Crippen molar-refractivity contribution >= 4 is 74.1 Å². The van der Waals surface area contributed by atoms with Crippen molar-refractivity contribution in [2.75, 3.05) is 0 Å². The van der Waals surface area contributed by atoms with E-state index in [2.05, 4.69) is 76.6 Å². The van der Waals surface area contributed by atoms with Crippen molar-refractivity contribution in [2.45, 2.75) is 74.7 Å². The summed E-state index contributed by atoms with van der Waals surface area (Å²) in [5.41, 5.74) is 0. The number of hydrogen-bond acceptors (Lipinski definition) is 6. The van der Waals surface area contributed by atoms with Crippen LogP contribution in [-0.2, 0) is 24.7 Å². The van der Waals surface area contributed by atoms with Crippen molar-refractivity contribution in [1.82, 2.24) is 0 Å². The van der Waals surface area contributed by atoms with Crippen LogP contribution in [0, 0.1) is 0 Å². The van der Waals surface area contributed by atoms with Gasteiger partial charge in [-0.2, -0.15) is 0 Å². The zero-order valence-electron chi connectivity index (χ0n) is 21.2. The summed E-state index contributed by atoms with van der Waals surface area (Å²) in [6, 6.07) is 20.5. The molecule has 0 aliphatic carbocycles. The third-order valence-electron chi connectivity index (χ3n) is 4.37. The zero-order valence-corrected chi connectivity index (χ0v) is 29.1. The quantitative estimate of drug-likeness (QED) is 0.301. The summed E-state index contributed by atoms with van der Waals surface area (Å²) in [5.74, 6) is 0. The molecule has 0 spiro atoms. The second-order valence-electron chi connectivity index (χ2n) is 8.90. The second kappa shape index (κ2) is 18.9. The summed E-state index contributed by atoms with van der Waals surface area (Å²) in [6.07, 6.45) is 0. The van der Waals surface area contributed by atoms with Crippen LogP contribution in [0.25, 0.3) is 0 Å². The first-order chi connectivity index (χ1) is 15.6. The maximum atomic E-state index is 7.01. The van der Waals surface area contributed by atoms with Gasteiger partial charge in [0.25, 0.3) is 0 Å². The molecule has 0 aliphatic heterocycles. The van der Waals surface area contributed by atoms with E-state index in [0.29, 0.717) is 0 Å². The monoisotopic (exact) mass is 620 g/mol. The van der Waals surface area contributed by atoms with Crippen molar-refractivity contribution < 1.29 is 24.7 Å². The predicted molar refractivity (Wildman–Crippen MR) is 174 cm³/mol. The molecular formula is C23H52O6Si7. The molecule has 0 aliphatic rings. The molecule has 0 bridgehead atoms. The van der Waals surface area contributed by atoms with Crippen molar-refractivity contribution in [1.29, 1.82) is 0 Å². The van der Waals surface area contributed by atoms with E-state index < -0.39 is 63.8 Å². The minimum atomic E-state index is -3.23. The first kappa shape index (κ1) is 37.9. The van der Waals surface area contributed by atoms with E-state index in [1.807, 2.05) is 36.4 Å². The largest absolute Gasteiger partial charge is 0.454 e. The Morgan fingerprint density at radius 2 is 0.694 bits per heavy atom. The van der Waals surface area contributed by atoms with Gasteiger partial charge in [0.2, 0.25) is 0 Å². The lowest BCUT2D eigenvalue weighted by Crippen LogP contribution is -2.69. The maximum absolute atomic E-state index is 7.01. The number of benzene rings is 2. The molecule has 2 aromatic rings. The fourth-order valence-electron chi connectivity index (χ4n) is 3.12. The van der Waals surface area contributed by atoms with Crippen molar-refractivity contribution in [3.05, 3.63) is 60.7 Å². The van der Waals surface area contributed by atoms with Gasteiger partial charge in [-0.05, 0) is 62.7 Å². The normalized spacial score (nSPS) is 11.7. The third-order valence-corrected chi connectivity index (χ3v) is 23.0. The molecule has 0 saturated heterocycles. The average Bonchev–Trinajstić information content (AvgIpc) is 2.72. The maximum Gasteiger partial charge on any atom is 0.454 e. The van der Waals surface area contributed by atoms with E-state index >= 15 is 0 Å². The van der Waals surface area contributed by atoms with Gasteiger partial charge in [0.15, 0.2) is 36.2 Å². The van der Waals surface area contributed by atoms with Crippen LogP contribution in [0.15, 0.2) is 60.7 Å². The van der Waals surface area contributed by atoms with Gasteiger partial charge in [-0.15, -0.1) is 0 Å². The van der Waals surface area contributed by atoms with Gasteiger partial charge in [0.1, 0.15) is 0 Å². The molecule has 0 radical (unpaired) electrons. The van der Waals surface area contributed by atoms with E-state index in [-0.39, 0.29) is 22.3 Å². The molecule has 208 valence electrons. The third kappa shape index (κ3) is 12.5. The smallest absolute Gasteiger partial charge is 0.422 e. The Morgan fingerprint density at radius 3 is 0.917 bits per heavy atom. The van der Waals surface area contributed by atoms with Crippen LogP contribution in [0.5, 0.6) is 0 Å². The van der Waals surface area contributed by atoms with E-state index in [1.165, 1.54) is 0 Å². The van der Waals surface area contributed by atoms with Crippen LogP contribution >= 0.6 is 0 Å². The van der Waals surface area contributed by atoms with E-state index in [0.717, 1.165) is 10.4 Å². The van der Waals surface area contributed by atoms with Gasteiger partial charge in [0.05, 0.1) is 0 Å². The van der Waals surface area contributed by atoms with Gasteiger partial charge < -0.3 is 24.7 Å². The summed E-state index contributed by atoms with van der Waals surface area (Å²) in [6.45, 7) is 17.2. The van der Waals surface area contributed by atoms with Gasteiger partial charge in [-0.25, -0.2) is 0 Å². The first-order valence-corrected chi connectivity index (χ1v) is 27.5. The van der Waals surface area contributed by atoms with Crippen LogP contribution in [0.4, 0.5) is 0 Å². The molecule has 0 heterocycles. The Hall–Kier alpha value is -0.282. The minimum Gasteiger partial charge on any atom is -0.422 e. The Bertz CT molecular complexity index is 713. The first-order valence-electron chi connectivity index (χ1n) is 11.7. The zero-order chi connectivity index (χ0) is 24.4. The topological polar surface area (TPSA) is 55.4 Å². The van der Waals surface area contributed by atoms with Crippen molar-refractivity contribution in [3.63, 3.8) is 0 Å². The molecule has 2 aromatic carbocycles. The second-order valence-corrected chi connectivity index (χ2v) is 27.1. The van der Waals surface area contributed by atoms with Crippen molar-refractivity contribution in [3.8, 4) is 0 Å². The van der Waals surface area contributed by atoms with Crippen LogP contribution < -0.4 is 10.4 Å². The number of rotatable bonds is 14. The van der Waals surface area contributed by atoms with E-state index in [1.54, 1.807) is 0 Å². The molecule has 0 atom stereocenters.